The molecule has 2 aliphatic carbocycles. The van der Waals surface area contributed by atoms with Crippen molar-refractivity contribution in [2.24, 2.45) is 11.3 Å². The summed E-state index contributed by atoms with van der Waals surface area (Å²) in [5.74, 6) is -11.5. The van der Waals surface area contributed by atoms with Crippen LogP contribution in [0.25, 0.3) is 0 Å². The second-order valence-electron chi connectivity index (χ2n) is 10.5. The third-order valence-electron chi connectivity index (χ3n) is 8.57. The molecular weight excluding hydrogens is 571 g/mol. The second-order valence-corrected chi connectivity index (χ2v) is 10.5. The molecule has 12 heteroatoms. The van der Waals surface area contributed by atoms with Crippen LogP contribution < -0.4 is 4.74 Å². The number of aliphatic hydroxyl groups is 1. The number of halogens is 3. The van der Waals surface area contributed by atoms with Gasteiger partial charge in [-0.1, -0.05) is 66.7 Å². The molecule has 1 N–H and O–H groups in total. The lowest BCUT2D eigenvalue weighted by molar-refractivity contribution is -0.544. The highest BCUT2D eigenvalue weighted by atomic mass is 19.4. The standard InChI is InChI=1S/C31H26F3NO8/c1-3-43-28(38)24-22(17-10-5-4-6-11-17)25(35(40)41)23(18-12-9-13-19(16-18)42-2)29(30(24,39)31(32,33)34)26(36)20-14-7-8-15-21(20)27(29)37/h4-16,22-25,39H,3H2,1-2H3/t22-,23+,24+,25-,30-/m1/s1. The van der Waals surface area contributed by atoms with Crippen molar-refractivity contribution in [2.75, 3.05) is 13.7 Å². The fourth-order valence-corrected chi connectivity index (χ4v) is 6.99. The number of hydrogen-bond acceptors (Lipinski definition) is 8. The van der Waals surface area contributed by atoms with Crippen LogP contribution in [0.1, 0.15) is 50.6 Å². The molecule has 5 rings (SSSR count). The number of Topliss-reactive ketones (excluding diaryl/α,β-unsaturated/α-hetero) is 2. The minimum absolute atomic E-state index is 0.0736. The van der Waals surface area contributed by atoms with Crippen LogP contribution >= 0.6 is 0 Å². The zero-order valence-electron chi connectivity index (χ0n) is 22.9. The molecule has 0 bridgehead atoms. The lowest BCUT2D eigenvalue weighted by Crippen LogP contribution is -2.76. The summed E-state index contributed by atoms with van der Waals surface area (Å²) in [5, 5.41) is 25.4. The number of ketones is 2. The molecule has 0 unspecified atom stereocenters. The maximum atomic E-state index is 15.7. The first kappa shape index (κ1) is 29.9. The zero-order chi connectivity index (χ0) is 31.3. The number of nitro groups is 1. The molecule has 224 valence electrons. The van der Waals surface area contributed by atoms with Crippen LogP contribution in [0.5, 0.6) is 5.75 Å². The van der Waals surface area contributed by atoms with Crippen molar-refractivity contribution < 1.29 is 47.1 Å². The van der Waals surface area contributed by atoms with Gasteiger partial charge in [0, 0.05) is 16.1 Å². The van der Waals surface area contributed by atoms with Crippen molar-refractivity contribution in [3.63, 3.8) is 0 Å². The molecule has 0 heterocycles. The summed E-state index contributed by atoms with van der Waals surface area (Å²) in [7, 11) is 1.26. The van der Waals surface area contributed by atoms with Gasteiger partial charge in [0.05, 0.1) is 25.6 Å². The Hall–Kier alpha value is -4.58. The Labute approximate surface area is 243 Å². The quantitative estimate of drug-likeness (QED) is 0.186. The molecule has 2 aliphatic rings. The normalized spacial score (nSPS) is 26.2. The third kappa shape index (κ3) is 4.07. The Balaban J connectivity index is 2.01. The molecule has 1 saturated carbocycles. The molecule has 9 nitrogen and oxygen atoms in total. The summed E-state index contributed by atoms with van der Waals surface area (Å²) in [6, 6.07) is 14.8. The SMILES string of the molecule is CCOC(=O)[C@@H]1[C@@H](c2ccccc2)[C@@H]([N+](=O)[O-])[C@H](c2cccc(OC)c2)C2(C(=O)c3ccccc3C2=O)[C@@]1(O)C(F)(F)F. The van der Waals surface area contributed by atoms with Gasteiger partial charge in [-0.25, -0.2) is 0 Å². The first-order chi connectivity index (χ1) is 20.4. The highest BCUT2D eigenvalue weighted by Gasteiger charge is 2.87. The van der Waals surface area contributed by atoms with Gasteiger partial charge < -0.3 is 14.6 Å². The largest absolute Gasteiger partial charge is 0.497 e. The fraction of sp³-hybridized carbons (Fsp3) is 0.323. The van der Waals surface area contributed by atoms with E-state index in [1.165, 1.54) is 80.8 Å². The maximum absolute atomic E-state index is 15.7. The molecule has 5 atom stereocenters. The van der Waals surface area contributed by atoms with E-state index in [9.17, 15) is 29.6 Å². The summed E-state index contributed by atoms with van der Waals surface area (Å²) in [5.41, 5.74) is -9.27. The van der Waals surface area contributed by atoms with E-state index >= 15 is 13.2 Å². The molecule has 0 amide bonds. The molecule has 0 aromatic heterocycles. The van der Waals surface area contributed by atoms with E-state index in [0.29, 0.717) is 0 Å². The number of alkyl halides is 3. The van der Waals surface area contributed by atoms with E-state index in [4.69, 9.17) is 9.47 Å². The number of rotatable bonds is 6. The van der Waals surface area contributed by atoms with Crippen LogP contribution in [0.15, 0.2) is 78.9 Å². The van der Waals surface area contributed by atoms with Crippen molar-refractivity contribution in [1.82, 2.24) is 0 Å². The van der Waals surface area contributed by atoms with Gasteiger partial charge in [0.15, 0.2) is 17.2 Å². The molecule has 3 aromatic carbocycles. The highest BCUT2D eigenvalue weighted by molar-refractivity contribution is 6.31. The van der Waals surface area contributed by atoms with Crippen LogP contribution in [-0.4, -0.2) is 59.1 Å². The number of carbonyl (C=O) groups is 3. The lowest BCUT2D eigenvalue weighted by atomic mass is 9.45. The Bertz CT molecular complexity index is 1570. The number of benzene rings is 3. The Morgan fingerprint density at radius 1 is 0.953 bits per heavy atom. The second kappa shape index (κ2) is 10.6. The average molecular weight is 598 g/mol. The molecule has 1 fully saturated rings. The molecule has 0 saturated heterocycles. The minimum atomic E-state index is -5.84. The topological polar surface area (TPSA) is 133 Å². The van der Waals surface area contributed by atoms with Gasteiger partial charge in [0.25, 0.3) is 0 Å². The summed E-state index contributed by atoms with van der Waals surface area (Å²) in [4.78, 5) is 54.7. The van der Waals surface area contributed by atoms with E-state index in [2.05, 4.69) is 0 Å². The number of hydrogen-bond donors (Lipinski definition) is 1. The van der Waals surface area contributed by atoms with Crippen molar-refractivity contribution in [1.29, 1.82) is 0 Å². The summed E-state index contributed by atoms with van der Waals surface area (Å²) in [6.45, 7) is 0.870. The van der Waals surface area contributed by atoms with Crippen molar-refractivity contribution in [3.8, 4) is 5.75 Å². The number of fused-ring (bicyclic) bond motifs is 1. The molecule has 43 heavy (non-hydrogen) atoms. The van der Waals surface area contributed by atoms with Crippen molar-refractivity contribution in [3.05, 3.63) is 111 Å². The molecule has 1 spiro atoms. The fourth-order valence-electron chi connectivity index (χ4n) is 6.99. The van der Waals surface area contributed by atoms with E-state index < -0.39 is 81.2 Å². The van der Waals surface area contributed by atoms with Crippen LogP contribution in [0.3, 0.4) is 0 Å². The van der Waals surface area contributed by atoms with Crippen LogP contribution in [0.4, 0.5) is 13.2 Å². The number of ether oxygens (including phenoxy) is 2. The zero-order valence-corrected chi connectivity index (χ0v) is 22.9. The molecule has 0 radical (unpaired) electrons. The van der Waals surface area contributed by atoms with Gasteiger partial charge in [-0.3, -0.25) is 24.5 Å². The Morgan fingerprint density at radius 2 is 1.51 bits per heavy atom. The van der Waals surface area contributed by atoms with Crippen LogP contribution in [0, 0.1) is 21.4 Å². The van der Waals surface area contributed by atoms with Gasteiger partial charge in [0.1, 0.15) is 17.1 Å². The predicted octanol–water partition coefficient (Wildman–Crippen LogP) is 4.76. The number of methoxy groups -OCH3 is 1. The van der Waals surface area contributed by atoms with Crippen LogP contribution in [0.2, 0.25) is 0 Å². The number of nitrogens with zero attached hydrogens (tertiary/aromatic N) is 1. The van der Waals surface area contributed by atoms with Gasteiger partial charge >= 0.3 is 12.1 Å². The third-order valence-corrected chi connectivity index (χ3v) is 8.57. The molecule has 3 aromatic rings. The monoisotopic (exact) mass is 597 g/mol. The smallest absolute Gasteiger partial charge is 0.419 e. The van der Waals surface area contributed by atoms with E-state index in [1.807, 2.05) is 0 Å². The van der Waals surface area contributed by atoms with E-state index in [0.717, 1.165) is 12.1 Å². The Morgan fingerprint density at radius 3 is 2.02 bits per heavy atom. The molecule has 0 aliphatic heterocycles. The summed E-state index contributed by atoms with van der Waals surface area (Å²) >= 11 is 0. The predicted molar refractivity (Wildman–Crippen MR) is 144 cm³/mol. The van der Waals surface area contributed by atoms with Gasteiger partial charge in [-0.15, -0.1) is 0 Å². The van der Waals surface area contributed by atoms with E-state index in [-0.39, 0.29) is 16.9 Å². The average Bonchev–Trinajstić information content (AvgIpc) is 3.21. The summed E-state index contributed by atoms with van der Waals surface area (Å²) < 4.78 is 57.5. The van der Waals surface area contributed by atoms with Crippen molar-refractivity contribution in [2.45, 2.75) is 36.6 Å². The van der Waals surface area contributed by atoms with Gasteiger partial charge in [0.2, 0.25) is 6.04 Å². The highest BCUT2D eigenvalue weighted by Crippen LogP contribution is 2.68. The van der Waals surface area contributed by atoms with E-state index in [1.54, 1.807) is 0 Å². The number of carbonyl (C=O) groups excluding carboxylic acids is 3. The summed E-state index contributed by atoms with van der Waals surface area (Å²) in [6.07, 6.45) is -5.84. The lowest BCUT2D eigenvalue weighted by Gasteiger charge is -2.56. The first-order valence-electron chi connectivity index (χ1n) is 13.3. The van der Waals surface area contributed by atoms with Gasteiger partial charge in [-0.05, 0) is 30.2 Å². The first-order valence-corrected chi connectivity index (χ1v) is 13.3. The number of esters is 1. The van der Waals surface area contributed by atoms with Gasteiger partial charge in [-0.2, -0.15) is 13.2 Å². The van der Waals surface area contributed by atoms with Crippen molar-refractivity contribution >= 4 is 17.5 Å². The molecular formula is C31H26F3NO8. The van der Waals surface area contributed by atoms with Crippen LogP contribution in [-0.2, 0) is 9.53 Å². The minimum Gasteiger partial charge on any atom is -0.497 e. The maximum Gasteiger partial charge on any atom is 0.419 e. The Kier molecular flexibility index (Phi) is 7.37.